The van der Waals surface area contributed by atoms with Crippen LogP contribution in [-0.2, 0) is 0 Å². The zero-order valence-electron chi connectivity index (χ0n) is 11.8. The Bertz CT molecular complexity index is 662. The van der Waals surface area contributed by atoms with Crippen LogP contribution in [0.3, 0.4) is 0 Å². The van der Waals surface area contributed by atoms with Crippen LogP contribution in [0.4, 0.5) is 8.78 Å². The van der Waals surface area contributed by atoms with Crippen molar-refractivity contribution in [3.63, 3.8) is 0 Å². The zero-order valence-corrected chi connectivity index (χ0v) is 11.8. The van der Waals surface area contributed by atoms with E-state index in [9.17, 15) is 8.78 Å². The lowest BCUT2D eigenvalue weighted by Gasteiger charge is -2.11. The summed E-state index contributed by atoms with van der Waals surface area (Å²) >= 11 is 0. The van der Waals surface area contributed by atoms with E-state index < -0.39 is 11.6 Å². The van der Waals surface area contributed by atoms with Gasteiger partial charge in [0.1, 0.15) is 6.33 Å². The van der Waals surface area contributed by atoms with Gasteiger partial charge in [0.05, 0.1) is 6.61 Å². The molecule has 1 aliphatic carbocycles. The molecule has 2 aliphatic rings. The van der Waals surface area contributed by atoms with E-state index in [1.54, 1.807) is 0 Å². The maximum Gasteiger partial charge on any atom is 0.190 e. The Hall–Kier alpha value is -2.08. The van der Waals surface area contributed by atoms with Crippen LogP contribution in [-0.4, -0.2) is 29.7 Å². The normalized spacial score (nSPS) is 25.8. The highest BCUT2D eigenvalue weighted by molar-refractivity contribution is 5.62. The fourth-order valence-corrected chi connectivity index (χ4v) is 3.29. The molecule has 4 nitrogen and oxygen atoms in total. The Morgan fingerprint density at radius 3 is 2.32 bits per heavy atom. The predicted molar refractivity (Wildman–Crippen MR) is 76.2 cm³/mol. The monoisotopic (exact) mass is 303 g/mol. The van der Waals surface area contributed by atoms with Crippen molar-refractivity contribution >= 4 is 0 Å². The standard InChI is InChI=1S/C16H15F2N3O/c17-14-1-9(10-3-20-8-21-4-10)2-15(18)16(14)22-7-13-11-5-19-6-12(11)13/h1-4,8,11-13,19H,5-7H2. The lowest BCUT2D eigenvalue weighted by Crippen LogP contribution is -2.18. The minimum atomic E-state index is -0.692. The molecule has 1 aliphatic heterocycles. The van der Waals surface area contributed by atoms with Crippen LogP contribution in [0.1, 0.15) is 0 Å². The van der Waals surface area contributed by atoms with Gasteiger partial charge in [-0.2, -0.15) is 0 Å². The van der Waals surface area contributed by atoms with E-state index in [4.69, 9.17) is 4.74 Å². The van der Waals surface area contributed by atoms with E-state index in [0.717, 1.165) is 13.1 Å². The summed E-state index contributed by atoms with van der Waals surface area (Å²) in [4.78, 5) is 7.70. The molecule has 1 N–H and O–H groups in total. The molecule has 6 heteroatoms. The quantitative estimate of drug-likeness (QED) is 0.941. The molecule has 0 bridgehead atoms. The highest BCUT2D eigenvalue weighted by atomic mass is 19.1. The number of hydrogen-bond acceptors (Lipinski definition) is 4. The van der Waals surface area contributed by atoms with Crippen molar-refractivity contribution in [1.82, 2.24) is 15.3 Å². The molecule has 22 heavy (non-hydrogen) atoms. The van der Waals surface area contributed by atoms with Gasteiger partial charge in [-0.3, -0.25) is 0 Å². The molecular weight excluding hydrogens is 288 g/mol. The lowest BCUT2D eigenvalue weighted by molar-refractivity contribution is 0.255. The van der Waals surface area contributed by atoms with Gasteiger partial charge in [-0.25, -0.2) is 18.7 Å². The Kier molecular flexibility index (Phi) is 3.26. The van der Waals surface area contributed by atoms with Crippen LogP contribution in [0.5, 0.6) is 5.75 Å². The smallest absolute Gasteiger partial charge is 0.190 e. The van der Waals surface area contributed by atoms with Gasteiger partial charge < -0.3 is 10.1 Å². The molecule has 2 fully saturated rings. The number of fused-ring (bicyclic) bond motifs is 1. The van der Waals surface area contributed by atoms with E-state index in [-0.39, 0.29) is 5.75 Å². The topological polar surface area (TPSA) is 47.0 Å². The third kappa shape index (κ3) is 2.33. The molecule has 2 aromatic rings. The fourth-order valence-electron chi connectivity index (χ4n) is 3.29. The van der Waals surface area contributed by atoms with Crippen LogP contribution < -0.4 is 10.1 Å². The van der Waals surface area contributed by atoms with Gasteiger partial charge in [-0.15, -0.1) is 0 Å². The Labute approximate surface area is 126 Å². The molecule has 2 atom stereocenters. The minimum Gasteiger partial charge on any atom is -0.487 e. The van der Waals surface area contributed by atoms with Crippen LogP contribution in [0, 0.1) is 29.4 Å². The fraction of sp³-hybridized carbons (Fsp3) is 0.375. The third-order valence-electron chi connectivity index (χ3n) is 4.58. The number of halogens is 2. The maximum absolute atomic E-state index is 14.1. The molecule has 2 unspecified atom stereocenters. The summed E-state index contributed by atoms with van der Waals surface area (Å²) in [6.45, 7) is 2.34. The summed E-state index contributed by atoms with van der Waals surface area (Å²) in [5, 5.41) is 3.28. The number of aromatic nitrogens is 2. The molecule has 1 aromatic carbocycles. The summed E-state index contributed by atoms with van der Waals surface area (Å²) in [7, 11) is 0. The lowest BCUT2D eigenvalue weighted by atomic mass is 10.1. The molecule has 2 heterocycles. The molecule has 4 rings (SSSR count). The average molecular weight is 303 g/mol. The molecule has 0 radical (unpaired) electrons. The number of nitrogens with zero attached hydrogens (tertiary/aromatic N) is 2. The van der Waals surface area contributed by atoms with Crippen molar-refractivity contribution < 1.29 is 13.5 Å². The van der Waals surface area contributed by atoms with E-state index in [1.807, 2.05) is 0 Å². The Morgan fingerprint density at radius 2 is 1.68 bits per heavy atom. The van der Waals surface area contributed by atoms with Crippen molar-refractivity contribution in [2.45, 2.75) is 0 Å². The summed E-state index contributed by atoms with van der Waals surface area (Å²) < 4.78 is 33.7. The van der Waals surface area contributed by atoms with Crippen LogP contribution >= 0.6 is 0 Å². The number of hydrogen-bond donors (Lipinski definition) is 1. The first kappa shape index (κ1) is 13.6. The second kappa shape index (κ2) is 5.28. The summed E-state index contributed by atoms with van der Waals surface area (Å²) in [5.74, 6) is -0.0508. The van der Waals surface area contributed by atoms with Crippen LogP contribution in [0.25, 0.3) is 11.1 Å². The van der Waals surface area contributed by atoms with E-state index in [2.05, 4.69) is 15.3 Å². The van der Waals surface area contributed by atoms with Crippen molar-refractivity contribution in [2.24, 2.45) is 17.8 Å². The highest BCUT2D eigenvalue weighted by Gasteiger charge is 2.53. The SMILES string of the molecule is Fc1cc(-c2cncnc2)cc(F)c1OCC1C2CNCC21. The van der Waals surface area contributed by atoms with Crippen molar-refractivity contribution in [3.8, 4) is 16.9 Å². The number of ether oxygens (including phenoxy) is 1. The predicted octanol–water partition coefficient (Wildman–Crippen LogP) is 2.27. The first-order valence-corrected chi connectivity index (χ1v) is 7.32. The van der Waals surface area contributed by atoms with Crippen LogP contribution in [0.15, 0.2) is 30.9 Å². The van der Waals surface area contributed by atoms with E-state index in [0.29, 0.717) is 35.5 Å². The second-order valence-electron chi connectivity index (χ2n) is 5.86. The molecule has 1 aromatic heterocycles. The average Bonchev–Trinajstić information content (AvgIpc) is 2.96. The number of nitrogens with one attached hydrogen (secondary N) is 1. The van der Waals surface area contributed by atoms with Gasteiger partial charge in [0, 0.05) is 23.9 Å². The van der Waals surface area contributed by atoms with Crippen molar-refractivity contribution in [3.05, 3.63) is 42.5 Å². The van der Waals surface area contributed by atoms with E-state index >= 15 is 0 Å². The largest absolute Gasteiger partial charge is 0.487 e. The van der Waals surface area contributed by atoms with Gasteiger partial charge in [0.2, 0.25) is 0 Å². The maximum atomic E-state index is 14.1. The summed E-state index contributed by atoms with van der Waals surface area (Å²) in [6, 6.07) is 2.51. The first-order valence-electron chi connectivity index (χ1n) is 7.32. The van der Waals surface area contributed by atoms with Gasteiger partial charge in [-0.05, 0) is 42.6 Å². The van der Waals surface area contributed by atoms with Gasteiger partial charge >= 0.3 is 0 Å². The van der Waals surface area contributed by atoms with Crippen molar-refractivity contribution in [1.29, 1.82) is 0 Å². The first-order chi connectivity index (χ1) is 10.7. The number of benzene rings is 1. The number of rotatable bonds is 4. The molecule has 0 spiro atoms. The van der Waals surface area contributed by atoms with Crippen LogP contribution in [0.2, 0.25) is 0 Å². The Morgan fingerprint density at radius 1 is 1.05 bits per heavy atom. The Balaban J connectivity index is 1.51. The second-order valence-corrected chi connectivity index (χ2v) is 5.86. The molecule has 1 saturated carbocycles. The zero-order chi connectivity index (χ0) is 15.1. The summed E-state index contributed by atoms with van der Waals surface area (Å²) in [5.41, 5.74) is 0.963. The summed E-state index contributed by atoms with van der Waals surface area (Å²) in [6.07, 6.45) is 4.40. The van der Waals surface area contributed by atoms with Gasteiger partial charge in [0.15, 0.2) is 17.4 Å². The highest BCUT2D eigenvalue weighted by Crippen LogP contribution is 2.48. The van der Waals surface area contributed by atoms with Gasteiger partial charge in [0.25, 0.3) is 0 Å². The molecular formula is C16H15F2N3O. The number of piperidine rings is 1. The van der Waals surface area contributed by atoms with Gasteiger partial charge in [-0.1, -0.05) is 0 Å². The molecule has 1 saturated heterocycles. The molecule has 114 valence electrons. The minimum absolute atomic E-state index is 0.293. The molecule has 0 amide bonds. The third-order valence-corrected chi connectivity index (χ3v) is 4.58. The van der Waals surface area contributed by atoms with Crippen molar-refractivity contribution in [2.75, 3.05) is 19.7 Å². The van der Waals surface area contributed by atoms with E-state index in [1.165, 1.54) is 30.9 Å².